The van der Waals surface area contributed by atoms with E-state index in [9.17, 15) is 4.79 Å². The van der Waals surface area contributed by atoms with Gasteiger partial charge in [-0.2, -0.15) is 0 Å². The third-order valence-corrected chi connectivity index (χ3v) is 2.58. The van der Waals surface area contributed by atoms with Crippen LogP contribution in [-0.2, 0) is 4.79 Å². The van der Waals surface area contributed by atoms with Crippen LogP contribution in [0, 0.1) is 5.92 Å². The van der Waals surface area contributed by atoms with Gasteiger partial charge in [0, 0.05) is 12.6 Å². The van der Waals surface area contributed by atoms with E-state index in [4.69, 9.17) is 0 Å². The van der Waals surface area contributed by atoms with Gasteiger partial charge in [0.15, 0.2) is 0 Å². The fraction of sp³-hybridized carbons (Fsp3) is 0.923. The smallest absolute Gasteiger partial charge is 0.236 e. The van der Waals surface area contributed by atoms with Crippen molar-refractivity contribution in [3.8, 4) is 0 Å². The second kappa shape index (κ2) is 8.57. The lowest BCUT2D eigenvalue weighted by Crippen LogP contribution is -2.46. The topological polar surface area (TPSA) is 41.1 Å². The van der Waals surface area contributed by atoms with Gasteiger partial charge < -0.3 is 10.6 Å². The van der Waals surface area contributed by atoms with Gasteiger partial charge in [-0.05, 0) is 32.6 Å². The zero-order chi connectivity index (χ0) is 12.6. The standard InChI is InChI=1S/C13H28N2O/c1-6-7-8-14-13(16)12(5)15-11(4)9-10(2)3/h10-12,15H,6-9H2,1-5H3,(H,14,16). The van der Waals surface area contributed by atoms with E-state index in [2.05, 4.69) is 38.3 Å². The van der Waals surface area contributed by atoms with Crippen molar-refractivity contribution in [1.82, 2.24) is 10.6 Å². The molecule has 0 aromatic rings. The summed E-state index contributed by atoms with van der Waals surface area (Å²) in [7, 11) is 0. The van der Waals surface area contributed by atoms with E-state index in [1.54, 1.807) is 0 Å². The van der Waals surface area contributed by atoms with Crippen molar-refractivity contribution in [2.75, 3.05) is 6.54 Å². The Hall–Kier alpha value is -0.570. The minimum Gasteiger partial charge on any atom is -0.355 e. The summed E-state index contributed by atoms with van der Waals surface area (Å²) in [5.74, 6) is 0.780. The summed E-state index contributed by atoms with van der Waals surface area (Å²) in [6, 6.07) is 0.303. The normalized spacial score (nSPS) is 14.9. The number of hydrogen-bond acceptors (Lipinski definition) is 2. The van der Waals surface area contributed by atoms with Gasteiger partial charge in [0.2, 0.25) is 5.91 Å². The molecule has 0 aromatic carbocycles. The second-order valence-electron chi connectivity index (χ2n) is 5.06. The van der Waals surface area contributed by atoms with Crippen LogP contribution in [0.4, 0.5) is 0 Å². The van der Waals surface area contributed by atoms with Crippen molar-refractivity contribution in [2.45, 2.75) is 66.0 Å². The maximum atomic E-state index is 11.7. The molecule has 0 saturated heterocycles. The van der Waals surface area contributed by atoms with E-state index in [1.165, 1.54) is 0 Å². The molecule has 1 amide bonds. The van der Waals surface area contributed by atoms with Crippen molar-refractivity contribution in [1.29, 1.82) is 0 Å². The first-order valence-electron chi connectivity index (χ1n) is 6.51. The lowest BCUT2D eigenvalue weighted by atomic mass is 10.0. The zero-order valence-corrected chi connectivity index (χ0v) is 11.5. The first kappa shape index (κ1) is 15.4. The molecule has 0 heterocycles. The van der Waals surface area contributed by atoms with Gasteiger partial charge in [-0.3, -0.25) is 4.79 Å². The van der Waals surface area contributed by atoms with Crippen molar-refractivity contribution in [3.05, 3.63) is 0 Å². The lowest BCUT2D eigenvalue weighted by Gasteiger charge is -2.20. The Morgan fingerprint density at radius 3 is 2.31 bits per heavy atom. The fourth-order valence-electron chi connectivity index (χ4n) is 1.82. The Kier molecular flexibility index (Phi) is 8.26. The van der Waals surface area contributed by atoms with Gasteiger partial charge in [-0.15, -0.1) is 0 Å². The highest BCUT2D eigenvalue weighted by atomic mass is 16.2. The molecular weight excluding hydrogens is 200 g/mol. The highest BCUT2D eigenvalue weighted by Gasteiger charge is 2.14. The number of hydrogen-bond donors (Lipinski definition) is 2. The summed E-state index contributed by atoms with van der Waals surface area (Å²) >= 11 is 0. The first-order valence-corrected chi connectivity index (χ1v) is 6.51. The third-order valence-electron chi connectivity index (χ3n) is 2.58. The zero-order valence-electron chi connectivity index (χ0n) is 11.5. The first-order chi connectivity index (χ1) is 7.47. The minimum atomic E-state index is -0.0920. The lowest BCUT2D eigenvalue weighted by molar-refractivity contribution is -0.122. The molecule has 0 spiro atoms. The molecule has 2 unspecified atom stereocenters. The second-order valence-corrected chi connectivity index (χ2v) is 5.06. The van der Waals surface area contributed by atoms with Crippen LogP contribution in [-0.4, -0.2) is 24.5 Å². The Balaban J connectivity index is 3.77. The summed E-state index contributed by atoms with van der Waals surface area (Å²) in [5.41, 5.74) is 0. The van der Waals surface area contributed by atoms with Crippen LogP contribution in [0.3, 0.4) is 0 Å². The number of carbonyl (C=O) groups excluding carboxylic acids is 1. The van der Waals surface area contributed by atoms with Gasteiger partial charge in [0.25, 0.3) is 0 Å². The average molecular weight is 228 g/mol. The van der Waals surface area contributed by atoms with E-state index >= 15 is 0 Å². The Morgan fingerprint density at radius 1 is 1.19 bits per heavy atom. The molecule has 16 heavy (non-hydrogen) atoms. The molecule has 0 aliphatic heterocycles. The van der Waals surface area contributed by atoms with Gasteiger partial charge >= 0.3 is 0 Å². The monoisotopic (exact) mass is 228 g/mol. The summed E-state index contributed by atoms with van der Waals surface area (Å²) in [5, 5.41) is 6.27. The van der Waals surface area contributed by atoms with Gasteiger partial charge in [0.1, 0.15) is 0 Å². The van der Waals surface area contributed by atoms with Crippen molar-refractivity contribution in [3.63, 3.8) is 0 Å². The van der Waals surface area contributed by atoms with E-state index in [0.717, 1.165) is 25.8 Å². The molecule has 0 aliphatic carbocycles. The molecule has 0 saturated carbocycles. The number of unbranched alkanes of at least 4 members (excludes halogenated alkanes) is 1. The summed E-state index contributed by atoms with van der Waals surface area (Å²) in [4.78, 5) is 11.7. The molecule has 0 rings (SSSR count). The molecular formula is C13H28N2O. The molecule has 0 radical (unpaired) electrons. The van der Waals surface area contributed by atoms with E-state index in [1.807, 2.05) is 6.92 Å². The molecule has 3 heteroatoms. The molecule has 2 atom stereocenters. The van der Waals surface area contributed by atoms with Gasteiger partial charge in [-0.25, -0.2) is 0 Å². The highest BCUT2D eigenvalue weighted by molar-refractivity contribution is 5.81. The predicted molar refractivity (Wildman–Crippen MR) is 69.4 cm³/mol. The number of carbonyl (C=O) groups is 1. The minimum absolute atomic E-state index is 0.0920. The van der Waals surface area contributed by atoms with Crippen LogP contribution in [0.5, 0.6) is 0 Å². The number of nitrogens with one attached hydrogen (secondary N) is 2. The molecule has 0 aliphatic rings. The van der Waals surface area contributed by atoms with Crippen LogP contribution < -0.4 is 10.6 Å². The SMILES string of the molecule is CCCCNC(=O)C(C)NC(C)CC(C)C. The summed E-state index contributed by atoms with van der Waals surface area (Å²) < 4.78 is 0. The maximum Gasteiger partial charge on any atom is 0.236 e. The summed E-state index contributed by atoms with van der Waals surface area (Å²) in [6.45, 7) is 11.4. The number of rotatable bonds is 8. The predicted octanol–water partition coefficient (Wildman–Crippen LogP) is 2.32. The van der Waals surface area contributed by atoms with Crippen molar-refractivity contribution in [2.24, 2.45) is 5.92 Å². The fourth-order valence-corrected chi connectivity index (χ4v) is 1.82. The van der Waals surface area contributed by atoms with Crippen LogP contribution >= 0.6 is 0 Å². The third kappa shape index (κ3) is 7.69. The van der Waals surface area contributed by atoms with Gasteiger partial charge in [0.05, 0.1) is 6.04 Å². The highest BCUT2D eigenvalue weighted by Crippen LogP contribution is 2.04. The van der Waals surface area contributed by atoms with Crippen LogP contribution in [0.25, 0.3) is 0 Å². The molecule has 0 aromatic heterocycles. The molecule has 96 valence electrons. The van der Waals surface area contributed by atoms with Crippen molar-refractivity contribution < 1.29 is 4.79 Å². The van der Waals surface area contributed by atoms with E-state index < -0.39 is 0 Å². The quantitative estimate of drug-likeness (QED) is 0.626. The Morgan fingerprint density at radius 2 is 1.81 bits per heavy atom. The van der Waals surface area contributed by atoms with E-state index in [-0.39, 0.29) is 11.9 Å². The Labute approximate surface area is 100 Å². The average Bonchev–Trinajstić information content (AvgIpc) is 2.16. The largest absolute Gasteiger partial charge is 0.355 e. The van der Waals surface area contributed by atoms with E-state index in [0.29, 0.717) is 12.0 Å². The molecule has 3 nitrogen and oxygen atoms in total. The van der Waals surface area contributed by atoms with Crippen LogP contribution in [0.2, 0.25) is 0 Å². The van der Waals surface area contributed by atoms with Crippen LogP contribution in [0.15, 0.2) is 0 Å². The summed E-state index contributed by atoms with van der Waals surface area (Å²) in [6.07, 6.45) is 3.28. The molecule has 0 fully saturated rings. The van der Waals surface area contributed by atoms with Crippen LogP contribution in [0.1, 0.15) is 53.9 Å². The van der Waals surface area contributed by atoms with Crippen molar-refractivity contribution >= 4 is 5.91 Å². The number of amides is 1. The molecule has 0 bridgehead atoms. The Bertz CT molecular complexity index is 192. The maximum absolute atomic E-state index is 11.7. The van der Waals surface area contributed by atoms with Gasteiger partial charge in [-0.1, -0.05) is 27.2 Å². The molecule has 2 N–H and O–H groups in total.